The van der Waals surface area contributed by atoms with Gasteiger partial charge in [-0.05, 0) is 40.0 Å². The first-order valence-electron chi connectivity index (χ1n) is 7.66. The number of amides is 2. The highest BCUT2D eigenvalue weighted by atomic mass is 16.5. The molecule has 0 atom stereocenters. The standard InChI is InChI=1S/C15H26N2O3/c1-4-20-11-7-10-17-13(19)14(2,3)16-12(18)15(17)8-5-6-9-15/h4-11H2,1-3H3,(H,16,18). The fourth-order valence-electron chi connectivity index (χ4n) is 3.35. The Kier molecular flexibility index (Phi) is 4.37. The summed E-state index contributed by atoms with van der Waals surface area (Å²) < 4.78 is 5.35. The number of carbonyl (C=O) groups excluding carboxylic acids is 2. The van der Waals surface area contributed by atoms with E-state index in [4.69, 9.17) is 4.74 Å². The maximum absolute atomic E-state index is 12.7. The molecule has 0 aromatic heterocycles. The average molecular weight is 282 g/mol. The van der Waals surface area contributed by atoms with Crippen molar-refractivity contribution in [3.05, 3.63) is 0 Å². The van der Waals surface area contributed by atoms with E-state index in [1.807, 2.05) is 11.8 Å². The van der Waals surface area contributed by atoms with Gasteiger partial charge in [-0.25, -0.2) is 0 Å². The van der Waals surface area contributed by atoms with Crippen molar-refractivity contribution in [3.8, 4) is 0 Å². The van der Waals surface area contributed by atoms with E-state index < -0.39 is 11.1 Å². The molecule has 0 unspecified atom stereocenters. The van der Waals surface area contributed by atoms with E-state index in [9.17, 15) is 9.59 Å². The molecule has 0 bridgehead atoms. The van der Waals surface area contributed by atoms with E-state index in [1.165, 1.54) is 0 Å². The first kappa shape index (κ1) is 15.3. The second kappa shape index (κ2) is 5.72. The van der Waals surface area contributed by atoms with Gasteiger partial charge in [-0.1, -0.05) is 12.8 Å². The van der Waals surface area contributed by atoms with E-state index >= 15 is 0 Å². The van der Waals surface area contributed by atoms with Gasteiger partial charge < -0.3 is 15.0 Å². The van der Waals surface area contributed by atoms with Gasteiger partial charge in [-0.3, -0.25) is 9.59 Å². The summed E-state index contributed by atoms with van der Waals surface area (Å²) in [6.07, 6.45) is 4.39. The van der Waals surface area contributed by atoms with E-state index in [2.05, 4.69) is 5.32 Å². The number of hydrogen-bond acceptors (Lipinski definition) is 3. The predicted molar refractivity (Wildman–Crippen MR) is 76.2 cm³/mol. The van der Waals surface area contributed by atoms with Gasteiger partial charge in [0, 0.05) is 19.8 Å². The zero-order chi connectivity index (χ0) is 14.8. The van der Waals surface area contributed by atoms with Gasteiger partial charge in [0.1, 0.15) is 11.1 Å². The van der Waals surface area contributed by atoms with Crippen molar-refractivity contribution in [2.24, 2.45) is 0 Å². The van der Waals surface area contributed by atoms with Crippen LogP contribution in [-0.4, -0.2) is 47.6 Å². The molecule has 1 saturated carbocycles. The zero-order valence-electron chi connectivity index (χ0n) is 12.8. The molecule has 1 aliphatic carbocycles. The molecule has 0 radical (unpaired) electrons. The Hall–Kier alpha value is -1.10. The third-order valence-electron chi connectivity index (χ3n) is 4.45. The molecule has 5 nitrogen and oxygen atoms in total. The summed E-state index contributed by atoms with van der Waals surface area (Å²) in [5.41, 5.74) is -1.39. The molecule has 114 valence electrons. The van der Waals surface area contributed by atoms with E-state index in [0.717, 1.165) is 32.1 Å². The third-order valence-corrected chi connectivity index (χ3v) is 4.45. The van der Waals surface area contributed by atoms with Crippen LogP contribution in [-0.2, 0) is 14.3 Å². The number of rotatable bonds is 5. The molecular weight excluding hydrogens is 256 g/mol. The summed E-state index contributed by atoms with van der Waals surface area (Å²) in [6.45, 7) is 7.45. The van der Waals surface area contributed by atoms with Gasteiger partial charge in [0.25, 0.3) is 0 Å². The van der Waals surface area contributed by atoms with Crippen molar-refractivity contribution in [3.63, 3.8) is 0 Å². The van der Waals surface area contributed by atoms with Crippen LogP contribution in [0.1, 0.15) is 52.9 Å². The van der Waals surface area contributed by atoms with Crippen molar-refractivity contribution in [1.29, 1.82) is 0 Å². The van der Waals surface area contributed by atoms with Crippen LogP contribution in [0.15, 0.2) is 0 Å². The van der Waals surface area contributed by atoms with Crippen molar-refractivity contribution < 1.29 is 14.3 Å². The Labute approximate surface area is 121 Å². The largest absolute Gasteiger partial charge is 0.382 e. The second-order valence-corrected chi connectivity index (χ2v) is 6.33. The first-order valence-corrected chi connectivity index (χ1v) is 7.66. The predicted octanol–water partition coefficient (Wildman–Crippen LogP) is 1.46. The van der Waals surface area contributed by atoms with Crippen molar-refractivity contribution >= 4 is 11.8 Å². The number of ether oxygens (including phenoxy) is 1. The lowest BCUT2D eigenvalue weighted by Crippen LogP contribution is -2.73. The topological polar surface area (TPSA) is 58.6 Å². The number of hydrogen-bond donors (Lipinski definition) is 1. The van der Waals surface area contributed by atoms with Crippen molar-refractivity contribution in [2.75, 3.05) is 19.8 Å². The molecule has 0 aromatic carbocycles. The summed E-state index contributed by atoms with van der Waals surface area (Å²) >= 11 is 0. The smallest absolute Gasteiger partial charge is 0.248 e. The van der Waals surface area contributed by atoms with Crippen LogP contribution >= 0.6 is 0 Å². The highest BCUT2D eigenvalue weighted by Gasteiger charge is 2.55. The second-order valence-electron chi connectivity index (χ2n) is 6.33. The normalized spacial score (nSPS) is 24.2. The summed E-state index contributed by atoms with van der Waals surface area (Å²) in [4.78, 5) is 27.1. The summed E-state index contributed by atoms with van der Waals surface area (Å²) in [5.74, 6) is 0.0616. The summed E-state index contributed by atoms with van der Waals surface area (Å²) in [6, 6.07) is 0. The molecule has 1 N–H and O–H groups in total. The summed E-state index contributed by atoms with van der Waals surface area (Å²) in [7, 11) is 0. The molecule has 1 saturated heterocycles. The minimum atomic E-state index is -0.795. The molecule has 1 spiro atoms. The zero-order valence-corrected chi connectivity index (χ0v) is 12.8. The van der Waals surface area contributed by atoms with E-state index in [0.29, 0.717) is 19.8 Å². The fourth-order valence-corrected chi connectivity index (χ4v) is 3.35. The SMILES string of the molecule is CCOCCCN1C(=O)C(C)(C)NC(=O)C12CCCC2. The Morgan fingerprint density at radius 1 is 1.25 bits per heavy atom. The Morgan fingerprint density at radius 2 is 1.90 bits per heavy atom. The van der Waals surface area contributed by atoms with Crippen LogP contribution in [0.25, 0.3) is 0 Å². The van der Waals surface area contributed by atoms with Gasteiger partial charge in [0.15, 0.2) is 0 Å². The number of carbonyl (C=O) groups is 2. The Bertz CT molecular complexity index is 387. The molecular formula is C15H26N2O3. The molecule has 2 amide bonds. The number of nitrogens with zero attached hydrogens (tertiary/aromatic N) is 1. The van der Waals surface area contributed by atoms with Gasteiger partial charge in [0.05, 0.1) is 0 Å². The minimum Gasteiger partial charge on any atom is -0.382 e. The van der Waals surface area contributed by atoms with Gasteiger partial charge in [-0.15, -0.1) is 0 Å². The Balaban J connectivity index is 2.16. The van der Waals surface area contributed by atoms with Crippen LogP contribution < -0.4 is 5.32 Å². The molecule has 20 heavy (non-hydrogen) atoms. The fraction of sp³-hybridized carbons (Fsp3) is 0.867. The molecule has 2 fully saturated rings. The van der Waals surface area contributed by atoms with Crippen molar-refractivity contribution in [1.82, 2.24) is 10.2 Å². The van der Waals surface area contributed by atoms with Gasteiger partial charge in [-0.2, -0.15) is 0 Å². The number of piperazine rings is 1. The molecule has 1 heterocycles. The molecule has 5 heteroatoms. The van der Waals surface area contributed by atoms with E-state index in [1.54, 1.807) is 13.8 Å². The molecule has 2 aliphatic rings. The first-order chi connectivity index (χ1) is 9.44. The monoisotopic (exact) mass is 282 g/mol. The lowest BCUT2D eigenvalue weighted by Gasteiger charge is -2.49. The average Bonchev–Trinajstić information content (AvgIpc) is 2.86. The maximum atomic E-state index is 12.7. The van der Waals surface area contributed by atoms with Crippen molar-refractivity contribution in [2.45, 2.75) is 64.0 Å². The van der Waals surface area contributed by atoms with Crippen LogP contribution in [0, 0.1) is 0 Å². The number of nitrogens with one attached hydrogen (secondary N) is 1. The van der Waals surface area contributed by atoms with Gasteiger partial charge in [0.2, 0.25) is 11.8 Å². The van der Waals surface area contributed by atoms with Crippen LogP contribution in [0.4, 0.5) is 0 Å². The van der Waals surface area contributed by atoms with Crippen LogP contribution in [0.3, 0.4) is 0 Å². The molecule has 2 rings (SSSR count). The molecule has 0 aromatic rings. The lowest BCUT2D eigenvalue weighted by atomic mass is 9.85. The van der Waals surface area contributed by atoms with Gasteiger partial charge >= 0.3 is 0 Å². The molecule has 1 aliphatic heterocycles. The van der Waals surface area contributed by atoms with Crippen LogP contribution in [0.2, 0.25) is 0 Å². The third kappa shape index (κ3) is 2.55. The maximum Gasteiger partial charge on any atom is 0.248 e. The highest BCUT2D eigenvalue weighted by Crippen LogP contribution is 2.39. The Morgan fingerprint density at radius 3 is 2.50 bits per heavy atom. The lowest BCUT2D eigenvalue weighted by molar-refractivity contribution is -0.161. The minimum absolute atomic E-state index is 0.0241. The van der Waals surface area contributed by atoms with E-state index in [-0.39, 0.29) is 11.8 Å². The van der Waals surface area contributed by atoms with Crippen LogP contribution in [0.5, 0.6) is 0 Å². The summed E-state index contributed by atoms with van der Waals surface area (Å²) in [5, 5.41) is 2.91. The highest BCUT2D eigenvalue weighted by molar-refractivity contribution is 6.02. The quantitative estimate of drug-likeness (QED) is 0.777.